The van der Waals surface area contributed by atoms with Crippen molar-refractivity contribution in [2.24, 2.45) is 0 Å². The molecular formula is C11H16BrN7. The van der Waals surface area contributed by atoms with Crippen LogP contribution in [0.5, 0.6) is 0 Å². The fourth-order valence-corrected chi connectivity index (χ4v) is 1.67. The summed E-state index contributed by atoms with van der Waals surface area (Å²) < 4.78 is 2.48. The van der Waals surface area contributed by atoms with Gasteiger partial charge in [-0.15, -0.1) is 0 Å². The number of aromatic nitrogens is 5. The topological polar surface area (TPSA) is 71.8 Å². The van der Waals surface area contributed by atoms with Gasteiger partial charge in [-0.05, 0) is 22.4 Å². The molecule has 0 aliphatic carbocycles. The zero-order valence-electron chi connectivity index (χ0n) is 11.1. The van der Waals surface area contributed by atoms with Crippen LogP contribution in [-0.2, 0) is 0 Å². The van der Waals surface area contributed by atoms with Crippen molar-refractivity contribution in [3.8, 4) is 5.95 Å². The summed E-state index contributed by atoms with van der Waals surface area (Å²) >= 11 is 3.36. The SMILES string of the molecule is CCCNc1nc(N(C)C)nc(-n2cc(Br)cn2)n1. The minimum absolute atomic E-state index is 0.489. The Hall–Kier alpha value is -1.70. The quantitative estimate of drug-likeness (QED) is 0.902. The Bertz CT molecular complexity index is 552. The number of halogens is 1. The second-order valence-corrected chi connectivity index (χ2v) is 5.10. The van der Waals surface area contributed by atoms with Gasteiger partial charge in [-0.1, -0.05) is 6.92 Å². The normalized spacial score (nSPS) is 10.5. The van der Waals surface area contributed by atoms with Crippen LogP contribution in [0.1, 0.15) is 13.3 Å². The van der Waals surface area contributed by atoms with Crippen molar-refractivity contribution in [3.63, 3.8) is 0 Å². The molecule has 2 heterocycles. The van der Waals surface area contributed by atoms with E-state index in [4.69, 9.17) is 0 Å². The molecule has 0 fully saturated rings. The minimum Gasteiger partial charge on any atom is -0.354 e. The van der Waals surface area contributed by atoms with Crippen LogP contribution in [0.15, 0.2) is 16.9 Å². The fraction of sp³-hybridized carbons (Fsp3) is 0.455. The number of hydrogen-bond donors (Lipinski definition) is 1. The summed E-state index contributed by atoms with van der Waals surface area (Å²) in [5, 5.41) is 7.34. The molecule has 0 saturated carbocycles. The van der Waals surface area contributed by atoms with Crippen molar-refractivity contribution in [1.82, 2.24) is 24.7 Å². The molecule has 0 aliphatic heterocycles. The number of nitrogens with zero attached hydrogens (tertiary/aromatic N) is 6. The van der Waals surface area contributed by atoms with Gasteiger partial charge < -0.3 is 10.2 Å². The maximum absolute atomic E-state index is 4.37. The third-order valence-electron chi connectivity index (χ3n) is 2.30. The van der Waals surface area contributed by atoms with Crippen molar-refractivity contribution in [2.75, 3.05) is 30.9 Å². The molecule has 0 aromatic carbocycles. The molecule has 2 aromatic rings. The molecule has 0 amide bonds. The van der Waals surface area contributed by atoms with E-state index < -0.39 is 0 Å². The largest absolute Gasteiger partial charge is 0.354 e. The summed E-state index contributed by atoms with van der Waals surface area (Å²) in [7, 11) is 3.78. The van der Waals surface area contributed by atoms with E-state index in [-0.39, 0.29) is 0 Å². The van der Waals surface area contributed by atoms with Gasteiger partial charge in [0.15, 0.2) is 0 Å². The first-order valence-corrected chi connectivity index (χ1v) is 6.77. The first-order chi connectivity index (χ1) is 9.10. The van der Waals surface area contributed by atoms with E-state index in [0.29, 0.717) is 17.8 Å². The molecule has 0 unspecified atom stereocenters. The maximum Gasteiger partial charge on any atom is 0.257 e. The van der Waals surface area contributed by atoms with Crippen LogP contribution in [0.4, 0.5) is 11.9 Å². The molecule has 7 nitrogen and oxygen atoms in total. The van der Waals surface area contributed by atoms with Crippen LogP contribution < -0.4 is 10.2 Å². The van der Waals surface area contributed by atoms with Crippen LogP contribution in [0.25, 0.3) is 5.95 Å². The molecule has 0 radical (unpaired) electrons. The third kappa shape index (κ3) is 3.40. The average Bonchev–Trinajstić information content (AvgIpc) is 2.82. The Morgan fingerprint density at radius 2 is 2.11 bits per heavy atom. The van der Waals surface area contributed by atoms with Gasteiger partial charge in [-0.2, -0.15) is 20.1 Å². The highest BCUT2D eigenvalue weighted by molar-refractivity contribution is 9.10. The highest BCUT2D eigenvalue weighted by atomic mass is 79.9. The monoisotopic (exact) mass is 325 g/mol. The maximum atomic E-state index is 4.37. The number of anilines is 2. The Kier molecular flexibility index (Phi) is 4.31. The second-order valence-electron chi connectivity index (χ2n) is 4.18. The lowest BCUT2D eigenvalue weighted by molar-refractivity contribution is 0.786. The van der Waals surface area contributed by atoms with E-state index in [1.165, 1.54) is 0 Å². The summed E-state index contributed by atoms with van der Waals surface area (Å²) in [5.41, 5.74) is 0. The summed E-state index contributed by atoms with van der Waals surface area (Å²) in [6.45, 7) is 2.91. The lowest BCUT2D eigenvalue weighted by Gasteiger charge is -2.13. The molecule has 0 aliphatic rings. The Labute approximate surface area is 120 Å². The first kappa shape index (κ1) is 13.7. The van der Waals surface area contributed by atoms with Gasteiger partial charge in [0.25, 0.3) is 5.95 Å². The third-order valence-corrected chi connectivity index (χ3v) is 2.71. The summed E-state index contributed by atoms with van der Waals surface area (Å²) in [6, 6.07) is 0. The van der Waals surface area contributed by atoms with E-state index in [9.17, 15) is 0 Å². The van der Waals surface area contributed by atoms with Gasteiger partial charge in [0.1, 0.15) is 0 Å². The highest BCUT2D eigenvalue weighted by Gasteiger charge is 2.10. The van der Waals surface area contributed by atoms with E-state index >= 15 is 0 Å². The van der Waals surface area contributed by atoms with Gasteiger partial charge in [0, 0.05) is 26.8 Å². The van der Waals surface area contributed by atoms with E-state index in [1.54, 1.807) is 17.1 Å². The molecular weight excluding hydrogens is 310 g/mol. The van der Waals surface area contributed by atoms with E-state index in [1.807, 2.05) is 19.0 Å². The first-order valence-electron chi connectivity index (χ1n) is 5.98. The van der Waals surface area contributed by atoms with Crippen LogP contribution in [0, 0.1) is 0 Å². The molecule has 19 heavy (non-hydrogen) atoms. The molecule has 0 atom stereocenters. The molecule has 0 saturated heterocycles. The van der Waals surface area contributed by atoms with Crippen LogP contribution in [0.2, 0.25) is 0 Å². The van der Waals surface area contributed by atoms with Crippen molar-refractivity contribution < 1.29 is 0 Å². The standard InChI is InChI=1S/C11H16BrN7/c1-4-5-13-9-15-10(18(2)3)17-11(16-9)19-7-8(12)6-14-19/h6-7H,4-5H2,1-3H3,(H,13,15,16,17). The zero-order chi connectivity index (χ0) is 13.8. The number of nitrogens with one attached hydrogen (secondary N) is 1. The van der Waals surface area contributed by atoms with Gasteiger partial charge in [0.05, 0.1) is 10.7 Å². The van der Waals surface area contributed by atoms with Crippen molar-refractivity contribution in [2.45, 2.75) is 13.3 Å². The van der Waals surface area contributed by atoms with Gasteiger partial charge in [0.2, 0.25) is 11.9 Å². The Morgan fingerprint density at radius 3 is 2.68 bits per heavy atom. The summed E-state index contributed by atoms with van der Waals surface area (Å²) in [5.74, 6) is 1.64. The molecule has 1 N–H and O–H groups in total. The van der Waals surface area contributed by atoms with Crippen LogP contribution in [0.3, 0.4) is 0 Å². The lowest BCUT2D eigenvalue weighted by atomic mass is 10.5. The Balaban J connectivity index is 2.39. The van der Waals surface area contributed by atoms with Crippen LogP contribution in [-0.4, -0.2) is 45.4 Å². The Morgan fingerprint density at radius 1 is 1.32 bits per heavy atom. The highest BCUT2D eigenvalue weighted by Crippen LogP contribution is 2.13. The molecule has 102 valence electrons. The van der Waals surface area contributed by atoms with Crippen molar-refractivity contribution in [1.29, 1.82) is 0 Å². The smallest absolute Gasteiger partial charge is 0.257 e. The van der Waals surface area contributed by atoms with Gasteiger partial charge >= 0.3 is 0 Å². The van der Waals surface area contributed by atoms with Crippen molar-refractivity contribution >= 4 is 27.8 Å². The molecule has 0 spiro atoms. The number of hydrogen-bond acceptors (Lipinski definition) is 6. The predicted molar refractivity (Wildman–Crippen MR) is 77.8 cm³/mol. The van der Waals surface area contributed by atoms with Gasteiger partial charge in [-0.3, -0.25) is 0 Å². The summed E-state index contributed by atoms with van der Waals surface area (Å²) in [6.07, 6.45) is 4.50. The zero-order valence-corrected chi connectivity index (χ0v) is 12.7. The fourth-order valence-electron chi connectivity index (χ4n) is 1.38. The molecule has 8 heteroatoms. The van der Waals surface area contributed by atoms with Crippen LogP contribution >= 0.6 is 15.9 Å². The molecule has 2 aromatic heterocycles. The molecule has 2 rings (SSSR count). The average molecular weight is 326 g/mol. The van der Waals surface area contributed by atoms with E-state index in [2.05, 4.69) is 48.2 Å². The second kappa shape index (κ2) is 5.96. The molecule has 0 bridgehead atoms. The number of rotatable bonds is 5. The summed E-state index contributed by atoms with van der Waals surface area (Å²) in [4.78, 5) is 14.9. The lowest BCUT2D eigenvalue weighted by Crippen LogP contribution is -2.17. The van der Waals surface area contributed by atoms with Crippen molar-refractivity contribution in [3.05, 3.63) is 16.9 Å². The van der Waals surface area contributed by atoms with Gasteiger partial charge in [-0.25, -0.2) is 4.68 Å². The van der Waals surface area contributed by atoms with E-state index in [0.717, 1.165) is 17.4 Å². The predicted octanol–water partition coefficient (Wildman–Crippen LogP) is 1.71. The minimum atomic E-state index is 0.489.